The monoisotopic (exact) mass is 411 g/mol. The second kappa shape index (κ2) is 7.46. The molecule has 26 heavy (non-hydrogen) atoms. The van der Waals surface area contributed by atoms with Gasteiger partial charge in [0.25, 0.3) is 5.56 Å². The Labute approximate surface area is 161 Å². The molecule has 0 spiro atoms. The van der Waals surface area contributed by atoms with Gasteiger partial charge in [-0.1, -0.05) is 41.1 Å². The summed E-state index contributed by atoms with van der Waals surface area (Å²) >= 11 is 3.54. The van der Waals surface area contributed by atoms with Gasteiger partial charge in [0.2, 0.25) is 0 Å². The number of aliphatic imine (C=N–C) groups is 1. The van der Waals surface area contributed by atoms with Crippen LogP contribution in [0.25, 0.3) is 5.69 Å². The fourth-order valence-corrected chi connectivity index (χ4v) is 3.40. The molecule has 3 rings (SSSR count). The lowest BCUT2D eigenvalue weighted by atomic mass is 10.1. The van der Waals surface area contributed by atoms with Gasteiger partial charge >= 0.3 is 0 Å². The van der Waals surface area contributed by atoms with Gasteiger partial charge in [0.15, 0.2) is 0 Å². The van der Waals surface area contributed by atoms with Crippen molar-refractivity contribution < 1.29 is 0 Å². The maximum Gasteiger partial charge on any atom is 0.280 e. The molecule has 0 atom stereocenters. The van der Waals surface area contributed by atoms with E-state index >= 15 is 0 Å². The van der Waals surface area contributed by atoms with E-state index in [0.717, 1.165) is 44.7 Å². The summed E-state index contributed by atoms with van der Waals surface area (Å²) in [6.45, 7) is 8.05. The maximum absolute atomic E-state index is 12.9. The first-order chi connectivity index (χ1) is 12.4. The van der Waals surface area contributed by atoms with Crippen LogP contribution in [0.5, 0.6) is 0 Å². The highest BCUT2D eigenvalue weighted by Crippen LogP contribution is 2.24. The van der Waals surface area contributed by atoms with Crippen molar-refractivity contribution in [3.8, 4) is 5.69 Å². The first-order valence-electron chi connectivity index (χ1n) is 8.63. The summed E-state index contributed by atoms with van der Waals surface area (Å²) in [6, 6.07) is 11.9. The molecule has 0 radical (unpaired) electrons. The van der Waals surface area contributed by atoms with Crippen LogP contribution in [0, 0.1) is 20.8 Å². The van der Waals surface area contributed by atoms with E-state index in [-0.39, 0.29) is 5.56 Å². The molecule has 1 N–H and O–H groups in total. The molecular formula is C21H22BrN3O. The van der Waals surface area contributed by atoms with Gasteiger partial charge in [0, 0.05) is 16.4 Å². The number of aromatic nitrogens is 2. The van der Waals surface area contributed by atoms with Crippen LogP contribution in [0.4, 0.5) is 5.69 Å². The van der Waals surface area contributed by atoms with Crippen molar-refractivity contribution in [1.82, 2.24) is 9.78 Å². The average molecular weight is 412 g/mol. The van der Waals surface area contributed by atoms with Gasteiger partial charge in [-0.05, 0) is 62.1 Å². The Hall–Kier alpha value is -2.40. The third-order valence-electron chi connectivity index (χ3n) is 4.76. The van der Waals surface area contributed by atoms with E-state index in [1.54, 1.807) is 10.9 Å². The Balaban J connectivity index is 2.06. The van der Waals surface area contributed by atoms with Crippen molar-refractivity contribution in [3.05, 3.63) is 79.2 Å². The molecule has 134 valence electrons. The summed E-state index contributed by atoms with van der Waals surface area (Å²) in [5, 5.41) is 3.18. The van der Waals surface area contributed by atoms with E-state index in [1.807, 2.05) is 51.1 Å². The highest BCUT2D eigenvalue weighted by atomic mass is 79.9. The Bertz CT molecular complexity index is 1040. The predicted molar refractivity (Wildman–Crippen MR) is 111 cm³/mol. The number of H-pyrrole nitrogens is 1. The van der Waals surface area contributed by atoms with Gasteiger partial charge in [0.1, 0.15) is 0 Å². The summed E-state index contributed by atoms with van der Waals surface area (Å²) in [5.41, 5.74) is 6.38. The quantitative estimate of drug-likeness (QED) is 0.591. The van der Waals surface area contributed by atoms with Gasteiger partial charge < -0.3 is 0 Å². The van der Waals surface area contributed by atoms with Crippen molar-refractivity contribution in [3.63, 3.8) is 0 Å². The van der Waals surface area contributed by atoms with Gasteiger partial charge in [-0.15, -0.1) is 0 Å². The Morgan fingerprint density at radius 1 is 1.12 bits per heavy atom. The smallest absolute Gasteiger partial charge is 0.280 e. The van der Waals surface area contributed by atoms with E-state index in [4.69, 9.17) is 0 Å². The molecule has 3 aromatic rings. The van der Waals surface area contributed by atoms with Crippen molar-refractivity contribution in [1.29, 1.82) is 0 Å². The summed E-state index contributed by atoms with van der Waals surface area (Å²) in [5.74, 6) is 0. The zero-order chi connectivity index (χ0) is 18.8. The molecule has 0 aliphatic carbocycles. The van der Waals surface area contributed by atoms with E-state index in [9.17, 15) is 4.79 Å². The molecule has 2 aromatic carbocycles. The van der Waals surface area contributed by atoms with Crippen LogP contribution in [0.3, 0.4) is 0 Å². The van der Waals surface area contributed by atoms with Crippen LogP contribution in [-0.2, 0) is 6.42 Å². The second-order valence-electron chi connectivity index (χ2n) is 6.35. The normalized spacial score (nSPS) is 11.4. The van der Waals surface area contributed by atoms with Crippen LogP contribution in [0.2, 0.25) is 0 Å². The molecule has 5 heteroatoms. The zero-order valence-electron chi connectivity index (χ0n) is 15.4. The Morgan fingerprint density at radius 3 is 2.58 bits per heavy atom. The molecule has 1 aromatic heterocycles. The molecule has 0 aliphatic rings. The Kier molecular flexibility index (Phi) is 5.28. The van der Waals surface area contributed by atoms with E-state index in [2.05, 4.69) is 39.0 Å². The third-order valence-corrected chi connectivity index (χ3v) is 5.61. The molecule has 0 bridgehead atoms. The van der Waals surface area contributed by atoms with Crippen LogP contribution >= 0.6 is 15.9 Å². The molecule has 0 fully saturated rings. The third kappa shape index (κ3) is 3.31. The van der Waals surface area contributed by atoms with Crippen molar-refractivity contribution in [2.24, 2.45) is 4.99 Å². The minimum atomic E-state index is -0.0925. The number of rotatable bonds is 4. The summed E-state index contributed by atoms with van der Waals surface area (Å²) in [6.07, 6.45) is 2.57. The number of nitrogens with one attached hydrogen (secondary N) is 1. The number of benzene rings is 2. The highest BCUT2D eigenvalue weighted by Gasteiger charge is 2.14. The molecular weight excluding hydrogens is 390 g/mol. The van der Waals surface area contributed by atoms with E-state index in [0.29, 0.717) is 5.56 Å². The number of nitrogens with zero attached hydrogens (tertiary/aromatic N) is 2. The minimum Gasteiger partial charge on any atom is -0.295 e. The first-order valence-corrected chi connectivity index (χ1v) is 9.43. The van der Waals surface area contributed by atoms with E-state index < -0.39 is 0 Å². The lowest BCUT2D eigenvalue weighted by Gasteiger charge is -2.10. The molecule has 1 heterocycles. The fourth-order valence-electron chi connectivity index (χ4n) is 2.97. The van der Waals surface area contributed by atoms with Crippen LogP contribution in [-0.4, -0.2) is 16.0 Å². The van der Waals surface area contributed by atoms with Gasteiger partial charge in [-0.25, -0.2) is 4.68 Å². The SMILES string of the molecule is CCc1ccccc1N=Cc1c(C)[nH]n(-c2ccc(Br)c(C)c2C)c1=O. The molecule has 0 saturated heterocycles. The van der Waals surface area contributed by atoms with Gasteiger partial charge in [-0.2, -0.15) is 0 Å². The molecule has 0 aliphatic heterocycles. The predicted octanol–water partition coefficient (Wildman–Crippen LogP) is 5.17. The minimum absolute atomic E-state index is 0.0925. The highest BCUT2D eigenvalue weighted by molar-refractivity contribution is 9.10. The second-order valence-corrected chi connectivity index (χ2v) is 7.20. The number of aromatic amines is 1. The van der Waals surface area contributed by atoms with Crippen LogP contribution in [0.15, 0.2) is 50.7 Å². The van der Waals surface area contributed by atoms with Crippen LogP contribution in [0.1, 0.15) is 34.9 Å². The largest absolute Gasteiger partial charge is 0.295 e. The van der Waals surface area contributed by atoms with Crippen molar-refractivity contribution >= 4 is 27.8 Å². The number of para-hydroxylation sites is 1. The number of halogens is 1. The number of aryl methyl sites for hydroxylation is 2. The number of hydrogen-bond donors (Lipinski definition) is 1. The maximum atomic E-state index is 12.9. The number of hydrogen-bond acceptors (Lipinski definition) is 2. The standard InChI is InChI=1S/C21H22BrN3O/c1-5-16-8-6-7-9-19(16)23-12-17-15(4)24-25(21(17)26)20-11-10-18(22)13(2)14(20)3/h6-12,24H,5H2,1-4H3. The topological polar surface area (TPSA) is 50.1 Å². The molecule has 0 unspecified atom stereocenters. The van der Waals surface area contributed by atoms with Crippen molar-refractivity contribution in [2.45, 2.75) is 34.1 Å². The van der Waals surface area contributed by atoms with Gasteiger partial charge in [0.05, 0.1) is 16.9 Å². The van der Waals surface area contributed by atoms with Crippen LogP contribution < -0.4 is 5.56 Å². The summed E-state index contributed by atoms with van der Waals surface area (Å²) in [7, 11) is 0. The van der Waals surface area contributed by atoms with Crippen molar-refractivity contribution in [2.75, 3.05) is 0 Å². The molecule has 4 nitrogen and oxygen atoms in total. The molecule has 0 amide bonds. The summed E-state index contributed by atoms with van der Waals surface area (Å²) < 4.78 is 2.63. The first kappa shape index (κ1) is 18.4. The van der Waals surface area contributed by atoms with Gasteiger partial charge in [-0.3, -0.25) is 14.9 Å². The summed E-state index contributed by atoms with van der Waals surface area (Å²) in [4.78, 5) is 17.5. The Morgan fingerprint density at radius 2 is 1.85 bits per heavy atom. The van der Waals surface area contributed by atoms with E-state index in [1.165, 1.54) is 0 Å². The zero-order valence-corrected chi connectivity index (χ0v) is 17.0. The lowest BCUT2D eigenvalue weighted by molar-refractivity contribution is 0.827. The molecule has 0 saturated carbocycles. The average Bonchev–Trinajstić information content (AvgIpc) is 2.92. The lowest BCUT2D eigenvalue weighted by Crippen LogP contribution is -2.18. The fraction of sp³-hybridized carbons (Fsp3) is 0.238.